The number of aromatic amines is 1. The van der Waals surface area contributed by atoms with Gasteiger partial charge in [0.05, 0.1) is 12.2 Å². The standard InChI is InChI=1S/C8H10N2O4S/c1-15(12,13)8-9-6(11)5-3-2-4-14-7(5)10-8/h2-4H2,1H3,(H,9,10,11). The molecule has 1 aromatic heterocycles. The second kappa shape index (κ2) is 3.34. The van der Waals surface area contributed by atoms with Crippen LogP contribution in [0.4, 0.5) is 0 Å². The molecule has 7 heteroatoms. The van der Waals surface area contributed by atoms with E-state index in [1.807, 2.05) is 0 Å². The van der Waals surface area contributed by atoms with E-state index in [1.165, 1.54) is 0 Å². The Morgan fingerprint density at radius 1 is 1.47 bits per heavy atom. The maximum atomic E-state index is 11.5. The van der Waals surface area contributed by atoms with Gasteiger partial charge in [-0.2, -0.15) is 4.98 Å². The molecular formula is C8H10N2O4S. The van der Waals surface area contributed by atoms with Crippen LogP contribution in [0, 0.1) is 0 Å². The molecule has 0 fully saturated rings. The Balaban J connectivity index is 2.65. The quantitative estimate of drug-likeness (QED) is 0.657. The third-order valence-electron chi connectivity index (χ3n) is 2.12. The van der Waals surface area contributed by atoms with Gasteiger partial charge in [0, 0.05) is 6.26 Å². The zero-order valence-corrected chi connectivity index (χ0v) is 8.93. The van der Waals surface area contributed by atoms with E-state index in [-0.39, 0.29) is 11.0 Å². The number of fused-ring (bicyclic) bond motifs is 1. The Hall–Kier alpha value is -1.37. The topological polar surface area (TPSA) is 89.1 Å². The average Bonchev–Trinajstić information content (AvgIpc) is 2.16. The average molecular weight is 230 g/mol. The van der Waals surface area contributed by atoms with E-state index >= 15 is 0 Å². The summed E-state index contributed by atoms with van der Waals surface area (Å²) in [6, 6.07) is 0. The molecule has 0 amide bonds. The Morgan fingerprint density at radius 2 is 2.20 bits per heavy atom. The normalized spacial score (nSPS) is 15.5. The summed E-state index contributed by atoms with van der Waals surface area (Å²) in [5.41, 5.74) is -0.00576. The maximum absolute atomic E-state index is 11.5. The van der Waals surface area contributed by atoms with Crippen LogP contribution in [-0.4, -0.2) is 31.2 Å². The minimum absolute atomic E-state index is 0.144. The molecule has 0 unspecified atom stereocenters. The van der Waals surface area contributed by atoms with Crippen molar-refractivity contribution in [3.63, 3.8) is 0 Å². The molecule has 15 heavy (non-hydrogen) atoms. The summed E-state index contributed by atoms with van der Waals surface area (Å²) in [5, 5.41) is -0.340. The van der Waals surface area contributed by atoms with Crippen molar-refractivity contribution in [3.05, 3.63) is 15.9 Å². The van der Waals surface area contributed by atoms with Gasteiger partial charge in [-0.1, -0.05) is 0 Å². The fourth-order valence-electron chi connectivity index (χ4n) is 1.39. The molecule has 82 valence electrons. The predicted octanol–water partition coefficient (Wildman–Crippen LogP) is -0.502. The van der Waals surface area contributed by atoms with Crippen LogP contribution in [0.5, 0.6) is 5.88 Å². The van der Waals surface area contributed by atoms with Gasteiger partial charge < -0.3 is 4.74 Å². The van der Waals surface area contributed by atoms with E-state index in [2.05, 4.69) is 9.97 Å². The molecule has 6 nitrogen and oxygen atoms in total. The molecule has 0 atom stereocenters. The van der Waals surface area contributed by atoms with Gasteiger partial charge in [0.25, 0.3) is 5.56 Å². The van der Waals surface area contributed by atoms with Crippen LogP contribution in [0.1, 0.15) is 12.0 Å². The second-order valence-electron chi connectivity index (χ2n) is 3.38. The first kappa shape index (κ1) is 10.2. The molecule has 0 saturated carbocycles. The van der Waals surface area contributed by atoms with E-state index in [0.29, 0.717) is 18.6 Å². The number of hydrogen-bond acceptors (Lipinski definition) is 5. The van der Waals surface area contributed by atoms with Crippen LogP contribution in [0.2, 0.25) is 0 Å². The number of hydrogen-bond donors (Lipinski definition) is 1. The highest BCUT2D eigenvalue weighted by Gasteiger charge is 2.20. The lowest BCUT2D eigenvalue weighted by atomic mass is 10.1. The van der Waals surface area contributed by atoms with Gasteiger partial charge in [0.15, 0.2) is 0 Å². The van der Waals surface area contributed by atoms with E-state index in [1.54, 1.807) is 0 Å². The van der Waals surface area contributed by atoms with E-state index in [0.717, 1.165) is 12.7 Å². The lowest BCUT2D eigenvalue weighted by Gasteiger charge is -2.14. The van der Waals surface area contributed by atoms with E-state index in [9.17, 15) is 13.2 Å². The molecule has 0 bridgehead atoms. The summed E-state index contributed by atoms with van der Waals surface area (Å²) in [4.78, 5) is 17.5. The van der Waals surface area contributed by atoms with Crippen molar-refractivity contribution >= 4 is 9.84 Å². The SMILES string of the molecule is CS(=O)(=O)c1nc2c(c(=O)[nH]1)CCCO2. The third-order valence-corrected chi connectivity index (χ3v) is 3.01. The Kier molecular flexibility index (Phi) is 2.26. The van der Waals surface area contributed by atoms with Crippen molar-refractivity contribution in [1.29, 1.82) is 0 Å². The first-order valence-electron chi connectivity index (χ1n) is 4.44. The molecule has 1 N–H and O–H groups in total. The van der Waals surface area contributed by atoms with Crippen molar-refractivity contribution in [3.8, 4) is 5.88 Å². The highest BCUT2D eigenvalue weighted by atomic mass is 32.2. The third kappa shape index (κ3) is 1.87. The van der Waals surface area contributed by atoms with Gasteiger partial charge in [-0.05, 0) is 12.8 Å². The summed E-state index contributed by atoms with van der Waals surface area (Å²) in [5.74, 6) is 0.144. The fourth-order valence-corrected chi connectivity index (χ4v) is 1.92. The van der Waals surface area contributed by atoms with Gasteiger partial charge in [-0.15, -0.1) is 0 Å². The van der Waals surface area contributed by atoms with Gasteiger partial charge in [0.1, 0.15) is 0 Å². The molecule has 0 saturated heterocycles. The first-order chi connectivity index (χ1) is 6.98. The predicted molar refractivity (Wildman–Crippen MR) is 51.8 cm³/mol. The van der Waals surface area contributed by atoms with Crippen molar-refractivity contribution in [1.82, 2.24) is 9.97 Å². The molecule has 0 spiro atoms. The van der Waals surface area contributed by atoms with Crippen molar-refractivity contribution < 1.29 is 13.2 Å². The van der Waals surface area contributed by atoms with E-state index in [4.69, 9.17) is 4.74 Å². The molecule has 1 aliphatic rings. The Bertz CT molecular complexity index is 546. The van der Waals surface area contributed by atoms with Crippen LogP contribution in [-0.2, 0) is 16.3 Å². The fraction of sp³-hybridized carbons (Fsp3) is 0.500. The summed E-state index contributed by atoms with van der Waals surface area (Å²) in [6.07, 6.45) is 2.30. The molecule has 1 aromatic rings. The van der Waals surface area contributed by atoms with Crippen LogP contribution in [0.15, 0.2) is 9.95 Å². The zero-order chi connectivity index (χ0) is 11.1. The molecule has 2 rings (SSSR count). The van der Waals surface area contributed by atoms with Crippen LogP contribution >= 0.6 is 0 Å². The Morgan fingerprint density at radius 3 is 2.87 bits per heavy atom. The molecule has 1 aliphatic heterocycles. The monoisotopic (exact) mass is 230 g/mol. The number of ether oxygens (including phenoxy) is 1. The number of aromatic nitrogens is 2. The number of nitrogens with one attached hydrogen (secondary N) is 1. The van der Waals surface area contributed by atoms with Crippen LogP contribution in [0.3, 0.4) is 0 Å². The summed E-state index contributed by atoms with van der Waals surface area (Å²) < 4.78 is 27.5. The Labute approximate surface area is 86.2 Å². The van der Waals surface area contributed by atoms with Gasteiger partial charge >= 0.3 is 0 Å². The zero-order valence-electron chi connectivity index (χ0n) is 8.11. The lowest BCUT2D eigenvalue weighted by Crippen LogP contribution is -2.24. The number of sulfone groups is 1. The molecular weight excluding hydrogens is 220 g/mol. The molecule has 0 aliphatic carbocycles. The largest absolute Gasteiger partial charge is 0.477 e. The second-order valence-corrected chi connectivity index (χ2v) is 5.31. The molecule has 2 heterocycles. The van der Waals surface area contributed by atoms with Crippen molar-refractivity contribution in [2.45, 2.75) is 18.0 Å². The van der Waals surface area contributed by atoms with Gasteiger partial charge in [-0.3, -0.25) is 9.78 Å². The van der Waals surface area contributed by atoms with Gasteiger partial charge in [0.2, 0.25) is 20.9 Å². The number of H-pyrrole nitrogens is 1. The maximum Gasteiger partial charge on any atom is 0.258 e. The number of nitrogens with zero attached hydrogens (tertiary/aromatic N) is 1. The summed E-state index contributed by atoms with van der Waals surface area (Å²) in [6.45, 7) is 0.465. The summed E-state index contributed by atoms with van der Waals surface area (Å²) in [7, 11) is -3.51. The minimum atomic E-state index is -3.51. The molecule has 0 aromatic carbocycles. The summed E-state index contributed by atoms with van der Waals surface area (Å²) >= 11 is 0. The smallest absolute Gasteiger partial charge is 0.258 e. The lowest BCUT2D eigenvalue weighted by molar-refractivity contribution is 0.271. The van der Waals surface area contributed by atoms with E-state index < -0.39 is 15.4 Å². The van der Waals surface area contributed by atoms with Gasteiger partial charge in [-0.25, -0.2) is 8.42 Å². The van der Waals surface area contributed by atoms with Crippen molar-refractivity contribution in [2.75, 3.05) is 12.9 Å². The number of rotatable bonds is 1. The highest BCUT2D eigenvalue weighted by molar-refractivity contribution is 7.90. The first-order valence-corrected chi connectivity index (χ1v) is 6.33. The van der Waals surface area contributed by atoms with Crippen LogP contribution < -0.4 is 10.3 Å². The van der Waals surface area contributed by atoms with Crippen LogP contribution in [0.25, 0.3) is 0 Å². The molecule has 0 radical (unpaired) electrons. The highest BCUT2D eigenvalue weighted by Crippen LogP contribution is 2.18. The van der Waals surface area contributed by atoms with Crippen molar-refractivity contribution in [2.24, 2.45) is 0 Å². The minimum Gasteiger partial charge on any atom is -0.477 e.